The normalized spacial score (nSPS) is 12.8. The summed E-state index contributed by atoms with van der Waals surface area (Å²) in [5.74, 6) is 1.16. The van der Waals surface area contributed by atoms with Gasteiger partial charge < -0.3 is 9.84 Å². The second-order valence-corrected chi connectivity index (χ2v) is 6.12. The number of para-hydroxylation sites is 1. The predicted molar refractivity (Wildman–Crippen MR) is 102 cm³/mol. The molecule has 3 aromatic carbocycles. The molecule has 3 aromatic rings. The van der Waals surface area contributed by atoms with Crippen molar-refractivity contribution in [3.8, 4) is 17.6 Å². The molecule has 1 N–H and O–H groups in total. The predicted octanol–water partition coefficient (Wildman–Crippen LogP) is 5.25. The van der Waals surface area contributed by atoms with Crippen LogP contribution in [0.1, 0.15) is 29.4 Å². The summed E-state index contributed by atoms with van der Waals surface area (Å²) in [4.78, 5) is 0. The number of nitriles is 1. The maximum absolute atomic E-state index is 9.73. The van der Waals surface area contributed by atoms with Crippen molar-refractivity contribution in [3.63, 3.8) is 0 Å². The molecule has 0 spiro atoms. The van der Waals surface area contributed by atoms with Crippen LogP contribution in [0.3, 0.4) is 0 Å². The minimum atomic E-state index is -0.302. The van der Waals surface area contributed by atoms with E-state index in [1.165, 1.54) is 0 Å². The molecule has 2 unspecified atom stereocenters. The van der Waals surface area contributed by atoms with Gasteiger partial charge in [0.05, 0.1) is 12.0 Å². The van der Waals surface area contributed by atoms with Crippen LogP contribution in [-0.4, -0.2) is 11.7 Å². The van der Waals surface area contributed by atoms with Crippen molar-refractivity contribution in [2.24, 2.45) is 0 Å². The number of aliphatic hydroxyl groups is 1. The third-order valence-corrected chi connectivity index (χ3v) is 4.43. The van der Waals surface area contributed by atoms with Crippen molar-refractivity contribution in [2.45, 2.75) is 18.3 Å². The molecule has 2 atom stereocenters. The molecule has 3 rings (SSSR count). The Hall–Kier alpha value is -3.09. The first kappa shape index (κ1) is 17.7. The quantitative estimate of drug-likeness (QED) is 0.637. The van der Waals surface area contributed by atoms with Crippen molar-refractivity contribution in [1.29, 1.82) is 5.26 Å². The Morgan fingerprint density at radius 2 is 1.35 bits per heavy atom. The van der Waals surface area contributed by atoms with Crippen LogP contribution in [-0.2, 0) is 0 Å². The number of aliphatic hydroxyl groups excluding tert-OH is 1. The minimum absolute atomic E-state index is 0.0396. The number of hydrogen-bond donors (Lipinski definition) is 1. The molecule has 3 nitrogen and oxygen atoms in total. The number of ether oxygens (including phenoxy) is 1. The largest absolute Gasteiger partial charge is 0.457 e. The molecule has 0 aromatic heterocycles. The zero-order valence-corrected chi connectivity index (χ0v) is 14.5. The zero-order chi connectivity index (χ0) is 18.2. The smallest absolute Gasteiger partial charge is 0.127 e. The highest BCUT2D eigenvalue weighted by molar-refractivity contribution is 5.37. The summed E-state index contributed by atoms with van der Waals surface area (Å²) in [6.07, 6.45) is 0.534. The number of nitrogens with zero attached hydrogens (tertiary/aromatic N) is 1. The molecule has 0 saturated heterocycles. The van der Waals surface area contributed by atoms with Crippen LogP contribution >= 0.6 is 0 Å². The van der Waals surface area contributed by atoms with Gasteiger partial charge in [0.2, 0.25) is 0 Å². The van der Waals surface area contributed by atoms with Crippen molar-refractivity contribution in [2.75, 3.05) is 6.61 Å². The van der Waals surface area contributed by atoms with Gasteiger partial charge in [0.25, 0.3) is 0 Å². The van der Waals surface area contributed by atoms with E-state index in [0.29, 0.717) is 6.42 Å². The van der Waals surface area contributed by atoms with E-state index in [2.05, 4.69) is 6.07 Å². The van der Waals surface area contributed by atoms with Gasteiger partial charge in [-0.1, -0.05) is 60.7 Å². The summed E-state index contributed by atoms with van der Waals surface area (Å²) in [5.41, 5.74) is 1.99. The lowest BCUT2D eigenvalue weighted by molar-refractivity contribution is 0.272. The van der Waals surface area contributed by atoms with Gasteiger partial charge in [-0.05, 0) is 41.8 Å². The highest BCUT2D eigenvalue weighted by Crippen LogP contribution is 2.36. The van der Waals surface area contributed by atoms with Gasteiger partial charge in [0, 0.05) is 12.5 Å². The van der Waals surface area contributed by atoms with E-state index in [9.17, 15) is 10.4 Å². The summed E-state index contributed by atoms with van der Waals surface area (Å²) >= 11 is 0. The highest BCUT2D eigenvalue weighted by atomic mass is 16.5. The first-order chi connectivity index (χ1) is 12.8. The van der Waals surface area contributed by atoms with E-state index in [0.717, 1.165) is 22.6 Å². The van der Waals surface area contributed by atoms with Crippen LogP contribution in [0.5, 0.6) is 11.5 Å². The second kappa shape index (κ2) is 8.84. The van der Waals surface area contributed by atoms with E-state index in [1.54, 1.807) is 0 Å². The molecule has 3 heteroatoms. The zero-order valence-electron chi connectivity index (χ0n) is 14.5. The van der Waals surface area contributed by atoms with Gasteiger partial charge in [-0.25, -0.2) is 0 Å². The maximum Gasteiger partial charge on any atom is 0.127 e. The number of rotatable bonds is 7. The monoisotopic (exact) mass is 343 g/mol. The topological polar surface area (TPSA) is 53.2 Å². The van der Waals surface area contributed by atoms with Crippen LogP contribution in [0.15, 0.2) is 84.9 Å². The standard InChI is InChI=1S/C23H21NO2/c24-17-23(18-7-3-1-4-8-18)22(15-16-25)19-11-13-21(14-12-19)26-20-9-5-2-6-10-20/h1-14,22-23,25H,15-16H2. The fraction of sp³-hybridized carbons (Fsp3) is 0.174. The van der Waals surface area contributed by atoms with Crippen LogP contribution in [0, 0.1) is 11.3 Å². The van der Waals surface area contributed by atoms with E-state index in [-0.39, 0.29) is 18.4 Å². The molecule has 0 aliphatic carbocycles. The number of hydrogen-bond acceptors (Lipinski definition) is 3. The average molecular weight is 343 g/mol. The molecule has 0 saturated carbocycles. The first-order valence-corrected chi connectivity index (χ1v) is 8.70. The van der Waals surface area contributed by atoms with Gasteiger partial charge in [0.15, 0.2) is 0 Å². The SMILES string of the molecule is N#CC(c1ccccc1)C(CCO)c1ccc(Oc2ccccc2)cc1. The first-order valence-electron chi connectivity index (χ1n) is 8.70. The molecule has 0 heterocycles. The third kappa shape index (κ3) is 4.30. The maximum atomic E-state index is 9.73. The van der Waals surface area contributed by atoms with E-state index >= 15 is 0 Å². The fourth-order valence-corrected chi connectivity index (χ4v) is 3.13. The minimum Gasteiger partial charge on any atom is -0.457 e. The van der Waals surface area contributed by atoms with Crippen molar-refractivity contribution in [3.05, 3.63) is 96.1 Å². The lowest BCUT2D eigenvalue weighted by Crippen LogP contribution is -2.12. The van der Waals surface area contributed by atoms with Crippen molar-refractivity contribution < 1.29 is 9.84 Å². The molecule has 0 aliphatic rings. The fourth-order valence-electron chi connectivity index (χ4n) is 3.13. The lowest BCUT2D eigenvalue weighted by atomic mass is 9.80. The van der Waals surface area contributed by atoms with Crippen LogP contribution in [0.25, 0.3) is 0 Å². The van der Waals surface area contributed by atoms with Crippen LogP contribution in [0.2, 0.25) is 0 Å². The average Bonchev–Trinajstić information content (AvgIpc) is 2.70. The molecule has 0 radical (unpaired) electrons. The second-order valence-electron chi connectivity index (χ2n) is 6.12. The Bertz CT molecular complexity index is 839. The summed E-state index contributed by atoms with van der Waals surface area (Å²) < 4.78 is 5.83. The molecule has 26 heavy (non-hydrogen) atoms. The van der Waals surface area contributed by atoms with E-state index in [4.69, 9.17) is 4.74 Å². The summed E-state index contributed by atoms with van der Waals surface area (Å²) in [6, 6.07) is 29.5. The van der Waals surface area contributed by atoms with Gasteiger partial charge in [-0.3, -0.25) is 0 Å². The Balaban J connectivity index is 1.83. The van der Waals surface area contributed by atoms with Crippen molar-refractivity contribution >= 4 is 0 Å². The lowest BCUT2D eigenvalue weighted by Gasteiger charge is -2.22. The molecule has 130 valence electrons. The Kier molecular flexibility index (Phi) is 6.03. The molecule has 0 aliphatic heterocycles. The van der Waals surface area contributed by atoms with Crippen molar-refractivity contribution in [1.82, 2.24) is 0 Å². The van der Waals surface area contributed by atoms with Gasteiger partial charge in [-0.2, -0.15) is 5.26 Å². The third-order valence-electron chi connectivity index (χ3n) is 4.43. The highest BCUT2D eigenvalue weighted by Gasteiger charge is 2.24. The molecule has 0 amide bonds. The van der Waals surface area contributed by atoms with Gasteiger partial charge >= 0.3 is 0 Å². The molecule has 0 bridgehead atoms. The Morgan fingerprint density at radius 3 is 1.92 bits per heavy atom. The van der Waals surface area contributed by atoms with E-state index in [1.807, 2.05) is 84.9 Å². The van der Waals surface area contributed by atoms with Gasteiger partial charge in [0.1, 0.15) is 11.5 Å². The summed E-state index contributed by atoms with van der Waals surface area (Å²) in [6.45, 7) is 0.0396. The van der Waals surface area contributed by atoms with Gasteiger partial charge in [-0.15, -0.1) is 0 Å². The summed E-state index contributed by atoms with van der Waals surface area (Å²) in [7, 11) is 0. The summed E-state index contributed by atoms with van der Waals surface area (Å²) in [5, 5.41) is 19.2. The molecular formula is C23H21NO2. The molecular weight excluding hydrogens is 322 g/mol. The number of benzene rings is 3. The Labute approximate surface area is 154 Å². The Morgan fingerprint density at radius 1 is 0.769 bits per heavy atom. The van der Waals surface area contributed by atoms with Crippen LogP contribution in [0.4, 0.5) is 0 Å². The van der Waals surface area contributed by atoms with Crippen LogP contribution < -0.4 is 4.74 Å². The van der Waals surface area contributed by atoms with E-state index < -0.39 is 0 Å². The molecule has 0 fully saturated rings.